The molecule has 7 nitrogen and oxygen atoms in total. The largest absolute Gasteiger partial charge is 1.00 e. The zero-order valence-corrected chi connectivity index (χ0v) is 28.5. The van der Waals surface area contributed by atoms with Crippen molar-refractivity contribution in [3.8, 4) is 0 Å². The first kappa shape index (κ1) is 41.0. The van der Waals surface area contributed by atoms with Gasteiger partial charge < -0.3 is 14.0 Å². The average Bonchev–Trinajstić information content (AvgIpc) is 2.88. The Morgan fingerprint density at radius 3 is 1.51 bits per heavy atom. The molecule has 0 spiro atoms. The third-order valence-corrected chi connectivity index (χ3v) is 8.28. The Balaban J connectivity index is 0. The quantitative estimate of drug-likeness (QED) is 0.0587. The van der Waals surface area contributed by atoms with Crippen molar-refractivity contribution in [3.63, 3.8) is 0 Å². The van der Waals surface area contributed by atoms with E-state index in [1.54, 1.807) is 0 Å². The van der Waals surface area contributed by atoms with Crippen molar-refractivity contribution in [2.75, 3.05) is 13.2 Å². The van der Waals surface area contributed by atoms with Crippen molar-refractivity contribution in [2.24, 2.45) is 5.92 Å². The standard InChI is InChI=1S/C30H58O7S.Na/c1-4-7-9-10-11-12-13-14-15-16-17-18-19-20-21-22-24-36-30(32)28(38(33,34)35)25-29(31)37-26-27(6-3)23-8-5-2;/h27-28H,4-26H2,1-3H3,(H,33,34,35);/q;+1/p-1. The molecule has 0 saturated heterocycles. The molecule has 0 aliphatic heterocycles. The summed E-state index contributed by atoms with van der Waals surface area (Å²) in [5.41, 5.74) is 0. The van der Waals surface area contributed by atoms with E-state index >= 15 is 0 Å². The van der Waals surface area contributed by atoms with Gasteiger partial charge in [-0.2, -0.15) is 0 Å². The zero-order valence-electron chi connectivity index (χ0n) is 25.7. The fourth-order valence-electron chi connectivity index (χ4n) is 4.54. The van der Waals surface area contributed by atoms with Crippen LogP contribution in [-0.2, 0) is 29.2 Å². The van der Waals surface area contributed by atoms with E-state index in [1.807, 2.05) is 6.92 Å². The van der Waals surface area contributed by atoms with Gasteiger partial charge in [-0.15, -0.1) is 0 Å². The average molecular weight is 585 g/mol. The van der Waals surface area contributed by atoms with Crippen LogP contribution >= 0.6 is 0 Å². The molecule has 0 aliphatic rings. The molecule has 0 heterocycles. The Hall–Kier alpha value is -0.150. The number of rotatable bonds is 27. The molecule has 2 unspecified atom stereocenters. The Kier molecular flexibility index (Phi) is 29.4. The molecule has 0 amide bonds. The van der Waals surface area contributed by atoms with Crippen molar-refractivity contribution in [3.05, 3.63) is 0 Å². The summed E-state index contributed by atoms with van der Waals surface area (Å²) >= 11 is 0. The maximum atomic E-state index is 12.2. The van der Waals surface area contributed by atoms with Crippen LogP contribution in [0.4, 0.5) is 0 Å². The number of hydrogen-bond acceptors (Lipinski definition) is 7. The summed E-state index contributed by atoms with van der Waals surface area (Å²) in [5.74, 6) is -1.83. The number of unbranched alkanes of at least 4 members (excludes halogenated alkanes) is 16. The van der Waals surface area contributed by atoms with Gasteiger partial charge in [0.05, 0.1) is 19.6 Å². The second-order valence-electron chi connectivity index (χ2n) is 10.8. The van der Waals surface area contributed by atoms with Gasteiger partial charge in [-0.1, -0.05) is 136 Å². The fourth-order valence-corrected chi connectivity index (χ4v) is 5.18. The number of esters is 2. The maximum Gasteiger partial charge on any atom is 1.00 e. The van der Waals surface area contributed by atoms with E-state index in [0.29, 0.717) is 6.42 Å². The maximum absolute atomic E-state index is 12.2. The smallest absolute Gasteiger partial charge is 0.747 e. The minimum absolute atomic E-state index is 0. The van der Waals surface area contributed by atoms with Crippen LogP contribution in [0.25, 0.3) is 0 Å². The van der Waals surface area contributed by atoms with Crippen LogP contribution in [0.15, 0.2) is 0 Å². The molecule has 0 fully saturated rings. The molecule has 2 atom stereocenters. The first-order chi connectivity index (χ1) is 18.3. The summed E-state index contributed by atoms with van der Waals surface area (Å²) in [4.78, 5) is 24.3. The predicted molar refractivity (Wildman–Crippen MR) is 153 cm³/mol. The van der Waals surface area contributed by atoms with E-state index in [-0.39, 0.29) is 48.7 Å². The zero-order chi connectivity index (χ0) is 28.5. The van der Waals surface area contributed by atoms with E-state index in [4.69, 9.17) is 9.47 Å². The molecule has 39 heavy (non-hydrogen) atoms. The minimum atomic E-state index is -5.02. The van der Waals surface area contributed by atoms with Gasteiger partial charge in [0.25, 0.3) is 0 Å². The summed E-state index contributed by atoms with van der Waals surface area (Å²) in [6.45, 7) is 6.53. The Morgan fingerprint density at radius 1 is 0.667 bits per heavy atom. The predicted octanol–water partition coefficient (Wildman–Crippen LogP) is 4.86. The Morgan fingerprint density at radius 2 is 1.10 bits per heavy atom. The van der Waals surface area contributed by atoms with Gasteiger partial charge in [-0.05, 0) is 18.8 Å². The second-order valence-corrected chi connectivity index (χ2v) is 12.3. The molecule has 0 aromatic rings. The molecular weight excluding hydrogens is 527 g/mol. The monoisotopic (exact) mass is 584 g/mol. The molecule has 0 aromatic heterocycles. The molecule has 0 saturated carbocycles. The van der Waals surface area contributed by atoms with E-state index in [1.165, 1.54) is 77.0 Å². The van der Waals surface area contributed by atoms with Crippen molar-refractivity contribution < 1.29 is 61.6 Å². The molecule has 9 heteroatoms. The normalized spacial score (nSPS) is 12.9. The van der Waals surface area contributed by atoms with Crippen molar-refractivity contribution >= 4 is 22.1 Å². The molecule has 0 aromatic carbocycles. The van der Waals surface area contributed by atoms with E-state index in [9.17, 15) is 22.6 Å². The van der Waals surface area contributed by atoms with Gasteiger partial charge in [0.1, 0.15) is 10.1 Å². The summed E-state index contributed by atoms with van der Waals surface area (Å²) in [5, 5.41) is -2.05. The SMILES string of the molecule is CCCCCCCCCCCCCCCCCCOC(=O)C(CC(=O)OCC(CC)CCCC)S(=O)(=O)[O-].[Na+]. The van der Waals surface area contributed by atoms with Crippen LogP contribution in [0.2, 0.25) is 0 Å². The Labute approximate surface area is 262 Å². The van der Waals surface area contributed by atoms with Gasteiger partial charge in [-0.25, -0.2) is 8.42 Å². The summed E-state index contributed by atoms with van der Waals surface area (Å²) in [7, 11) is -5.02. The topological polar surface area (TPSA) is 110 Å². The molecule has 0 radical (unpaired) electrons. The number of hydrogen-bond donors (Lipinski definition) is 0. The molecule has 0 rings (SSSR count). The van der Waals surface area contributed by atoms with Crippen LogP contribution < -0.4 is 29.6 Å². The molecule has 0 bridgehead atoms. The van der Waals surface area contributed by atoms with Crippen LogP contribution in [0.5, 0.6) is 0 Å². The van der Waals surface area contributed by atoms with Gasteiger partial charge >= 0.3 is 41.5 Å². The van der Waals surface area contributed by atoms with E-state index in [0.717, 1.165) is 44.9 Å². The molecule has 0 aliphatic carbocycles. The van der Waals surface area contributed by atoms with Crippen LogP contribution in [-0.4, -0.2) is 43.4 Å². The first-order valence-electron chi connectivity index (χ1n) is 15.5. The van der Waals surface area contributed by atoms with Crippen LogP contribution in [0.3, 0.4) is 0 Å². The van der Waals surface area contributed by atoms with Crippen LogP contribution in [0, 0.1) is 5.92 Å². The van der Waals surface area contributed by atoms with Gasteiger partial charge in [0, 0.05) is 0 Å². The van der Waals surface area contributed by atoms with Crippen molar-refractivity contribution in [1.29, 1.82) is 0 Å². The summed E-state index contributed by atoms with van der Waals surface area (Å²) < 4.78 is 44.9. The summed E-state index contributed by atoms with van der Waals surface area (Å²) in [6.07, 6.45) is 22.6. The number of ether oxygens (including phenoxy) is 2. The van der Waals surface area contributed by atoms with Gasteiger partial charge in [-0.3, -0.25) is 9.59 Å². The van der Waals surface area contributed by atoms with E-state index < -0.39 is 33.7 Å². The first-order valence-corrected chi connectivity index (χ1v) is 17.0. The number of carbonyl (C=O) groups is 2. The minimum Gasteiger partial charge on any atom is -0.747 e. The third-order valence-electron chi connectivity index (χ3n) is 7.23. The molecule has 0 N–H and O–H groups in total. The van der Waals surface area contributed by atoms with E-state index in [2.05, 4.69) is 13.8 Å². The molecule has 226 valence electrons. The third kappa shape index (κ3) is 25.3. The Bertz CT molecular complexity index is 685. The fraction of sp³-hybridized carbons (Fsp3) is 0.933. The van der Waals surface area contributed by atoms with Crippen molar-refractivity contribution in [2.45, 2.75) is 161 Å². The summed E-state index contributed by atoms with van der Waals surface area (Å²) in [6, 6.07) is 0. The van der Waals surface area contributed by atoms with Crippen LogP contribution in [0.1, 0.15) is 156 Å². The van der Waals surface area contributed by atoms with Gasteiger partial charge in [0.2, 0.25) is 0 Å². The molecular formula is C30H57NaO7S. The second kappa shape index (κ2) is 28.0. The van der Waals surface area contributed by atoms with Crippen molar-refractivity contribution in [1.82, 2.24) is 0 Å². The number of carbonyl (C=O) groups excluding carboxylic acids is 2. The van der Waals surface area contributed by atoms with Gasteiger partial charge in [0.15, 0.2) is 5.25 Å².